The molecular weight excluding hydrogens is 278 g/mol. The van der Waals surface area contributed by atoms with Crippen molar-refractivity contribution in [3.63, 3.8) is 0 Å². The van der Waals surface area contributed by atoms with Crippen LogP contribution in [0.2, 0.25) is 0 Å². The van der Waals surface area contributed by atoms with Gasteiger partial charge in [-0.05, 0) is 46.6 Å². The highest BCUT2D eigenvalue weighted by molar-refractivity contribution is 5.87. The monoisotopic (exact) mass is 303 g/mol. The Bertz CT molecular complexity index is 365. The summed E-state index contributed by atoms with van der Waals surface area (Å²) in [6.07, 6.45) is 0.989. The molecule has 8 heteroatoms. The van der Waals surface area contributed by atoms with Crippen LogP contribution >= 0.6 is 0 Å². The lowest BCUT2D eigenvalue weighted by molar-refractivity contribution is -0.138. The summed E-state index contributed by atoms with van der Waals surface area (Å²) in [4.78, 5) is 34.0. The highest BCUT2D eigenvalue weighted by atomic mass is 16.6. The molecule has 0 fully saturated rings. The Morgan fingerprint density at radius 1 is 1.24 bits per heavy atom. The second kappa shape index (κ2) is 9.17. The predicted molar refractivity (Wildman–Crippen MR) is 76.7 cm³/mol. The van der Waals surface area contributed by atoms with Crippen molar-refractivity contribution in [3.8, 4) is 0 Å². The van der Waals surface area contributed by atoms with E-state index in [-0.39, 0.29) is 0 Å². The summed E-state index contributed by atoms with van der Waals surface area (Å²) in [5.74, 6) is -1.71. The topological polar surface area (TPSA) is 131 Å². The normalized spacial score (nSPS) is 12.4. The Morgan fingerprint density at radius 2 is 1.86 bits per heavy atom. The highest BCUT2D eigenvalue weighted by Gasteiger charge is 2.24. The number of carboxylic acids is 1. The van der Waals surface area contributed by atoms with Crippen LogP contribution in [0, 0.1) is 0 Å². The van der Waals surface area contributed by atoms with E-state index in [9.17, 15) is 14.4 Å². The van der Waals surface area contributed by atoms with Crippen LogP contribution in [-0.4, -0.2) is 47.8 Å². The van der Waals surface area contributed by atoms with Crippen molar-refractivity contribution in [1.29, 1.82) is 0 Å². The first kappa shape index (κ1) is 19.2. The molecule has 0 saturated carbocycles. The number of carboxylic acid groups (broad SMARTS) is 1. The van der Waals surface area contributed by atoms with Crippen molar-refractivity contribution in [2.24, 2.45) is 5.73 Å². The third-order valence-electron chi connectivity index (χ3n) is 2.37. The maximum absolute atomic E-state index is 11.9. The molecule has 0 aromatic heterocycles. The number of carbonyl (C=O) groups is 3. The lowest BCUT2D eigenvalue weighted by atomic mass is 10.1. The van der Waals surface area contributed by atoms with Crippen molar-refractivity contribution in [1.82, 2.24) is 10.6 Å². The predicted octanol–water partition coefficient (Wildman–Crippen LogP) is 0.210. The lowest BCUT2D eigenvalue weighted by Crippen LogP contribution is -2.49. The highest BCUT2D eigenvalue weighted by Crippen LogP contribution is 2.08. The Labute approximate surface area is 124 Å². The van der Waals surface area contributed by atoms with E-state index in [0.29, 0.717) is 25.8 Å². The van der Waals surface area contributed by atoms with Crippen LogP contribution < -0.4 is 16.4 Å². The van der Waals surface area contributed by atoms with E-state index in [4.69, 9.17) is 15.6 Å². The van der Waals surface area contributed by atoms with Crippen LogP contribution in [-0.2, 0) is 14.3 Å². The maximum atomic E-state index is 11.9. The largest absolute Gasteiger partial charge is 0.480 e. The molecule has 0 spiro atoms. The minimum Gasteiger partial charge on any atom is -0.480 e. The molecule has 0 aliphatic carbocycles. The number of alkyl carbamates (subject to hydrolysis) is 1. The average Bonchev–Trinajstić information content (AvgIpc) is 2.32. The summed E-state index contributed by atoms with van der Waals surface area (Å²) in [6, 6.07) is -0.842. The third kappa shape index (κ3) is 10.6. The van der Waals surface area contributed by atoms with Gasteiger partial charge in [-0.3, -0.25) is 9.59 Å². The molecule has 0 aromatic rings. The van der Waals surface area contributed by atoms with Crippen LogP contribution in [0.1, 0.15) is 40.0 Å². The molecule has 21 heavy (non-hydrogen) atoms. The summed E-state index contributed by atoms with van der Waals surface area (Å²) in [5.41, 5.74) is 4.71. The van der Waals surface area contributed by atoms with Crippen molar-refractivity contribution < 1.29 is 24.2 Å². The van der Waals surface area contributed by atoms with Crippen molar-refractivity contribution in [2.75, 3.05) is 13.1 Å². The van der Waals surface area contributed by atoms with E-state index in [2.05, 4.69) is 10.6 Å². The number of ether oxygens (including phenoxy) is 1. The van der Waals surface area contributed by atoms with E-state index in [0.717, 1.165) is 0 Å². The molecule has 0 rings (SSSR count). The van der Waals surface area contributed by atoms with Gasteiger partial charge in [-0.15, -0.1) is 0 Å². The quantitative estimate of drug-likeness (QED) is 0.474. The van der Waals surface area contributed by atoms with Gasteiger partial charge in [0, 0.05) is 0 Å². The second-order valence-corrected chi connectivity index (χ2v) is 5.59. The summed E-state index contributed by atoms with van der Waals surface area (Å²) < 4.78 is 5.08. The van der Waals surface area contributed by atoms with E-state index in [1.165, 1.54) is 0 Å². The Hall–Kier alpha value is -1.83. The third-order valence-corrected chi connectivity index (χ3v) is 2.37. The fourth-order valence-corrected chi connectivity index (χ4v) is 1.50. The van der Waals surface area contributed by atoms with Crippen LogP contribution in [0.5, 0.6) is 0 Å². The van der Waals surface area contributed by atoms with Gasteiger partial charge in [0.1, 0.15) is 18.2 Å². The fourth-order valence-electron chi connectivity index (χ4n) is 1.50. The van der Waals surface area contributed by atoms with Gasteiger partial charge in [-0.2, -0.15) is 0 Å². The van der Waals surface area contributed by atoms with E-state index < -0.39 is 36.2 Å². The molecule has 8 nitrogen and oxygen atoms in total. The average molecular weight is 303 g/mol. The number of rotatable bonds is 8. The Morgan fingerprint density at radius 3 is 2.33 bits per heavy atom. The number of nitrogens with two attached hydrogens (primary N) is 1. The summed E-state index contributed by atoms with van der Waals surface area (Å²) >= 11 is 0. The van der Waals surface area contributed by atoms with Gasteiger partial charge in [0.05, 0.1) is 0 Å². The van der Waals surface area contributed by atoms with Gasteiger partial charge in [0.25, 0.3) is 0 Å². The van der Waals surface area contributed by atoms with E-state index >= 15 is 0 Å². The minimum absolute atomic E-state index is 0.363. The first-order chi connectivity index (χ1) is 9.65. The summed E-state index contributed by atoms with van der Waals surface area (Å²) in [5, 5.41) is 13.2. The van der Waals surface area contributed by atoms with Crippen LogP contribution in [0.15, 0.2) is 0 Å². The molecule has 0 saturated heterocycles. The van der Waals surface area contributed by atoms with Crippen LogP contribution in [0.4, 0.5) is 4.79 Å². The number of nitrogens with one attached hydrogen (secondary N) is 2. The van der Waals surface area contributed by atoms with Gasteiger partial charge in [-0.1, -0.05) is 0 Å². The van der Waals surface area contributed by atoms with Gasteiger partial charge < -0.3 is 26.2 Å². The van der Waals surface area contributed by atoms with Gasteiger partial charge in [0.15, 0.2) is 0 Å². The molecule has 0 radical (unpaired) electrons. The number of aliphatic carboxylic acids is 1. The molecule has 2 amide bonds. The minimum atomic E-state index is -1.15. The van der Waals surface area contributed by atoms with Crippen molar-refractivity contribution in [3.05, 3.63) is 0 Å². The molecule has 0 aliphatic rings. The van der Waals surface area contributed by atoms with Gasteiger partial charge in [-0.25, -0.2) is 4.79 Å². The zero-order valence-corrected chi connectivity index (χ0v) is 12.8. The molecule has 0 aliphatic heterocycles. The first-order valence-electron chi connectivity index (χ1n) is 6.85. The summed E-state index contributed by atoms with van der Waals surface area (Å²) in [6.45, 7) is 5.11. The van der Waals surface area contributed by atoms with Gasteiger partial charge in [0.2, 0.25) is 5.91 Å². The molecule has 5 N–H and O–H groups in total. The smallest absolute Gasteiger partial charge is 0.408 e. The zero-order chi connectivity index (χ0) is 16.5. The number of unbranched alkanes of at least 4 members (excludes halogenated alkanes) is 1. The van der Waals surface area contributed by atoms with Crippen molar-refractivity contribution in [2.45, 2.75) is 51.7 Å². The molecule has 0 bridgehead atoms. The molecule has 0 unspecified atom stereocenters. The van der Waals surface area contributed by atoms with E-state index in [1.54, 1.807) is 20.8 Å². The first-order valence-corrected chi connectivity index (χ1v) is 6.85. The number of hydrogen-bond acceptors (Lipinski definition) is 5. The number of carbonyl (C=O) groups excluding carboxylic acids is 2. The van der Waals surface area contributed by atoms with Crippen LogP contribution in [0.3, 0.4) is 0 Å². The van der Waals surface area contributed by atoms with E-state index in [1.807, 2.05) is 0 Å². The molecule has 122 valence electrons. The molecule has 0 heterocycles. The second-order valence-electron chi connectivity index (χ2n) is 5.59. The lowest BCUT2D eigenvalue weighted by Gasteiger charge is -2.23. The molecule has 1 atom stereocenters. The standard InChI is InChI=1S/C13H25N3O5/c1-13(2,3)21-12(20)16-9(6-4-5-7-14)11(19)15-8-10(17)18/h9H,4-8,14H2,1-3H3,(H,15,19)(H,16,20)(H,17,18)/t9-/m0/s1. The van der Waals surface area contributed by atoms with Crippen LogP contribution in [0.25, 0.3) is 0 Å². The number of amides is 2. The summed E-state index contributed by atoms with van der Waals surface area (Å²) in [7, 11) is 0. The fraction of sp³-hybridized carbons (Fsp3) is 0.769. The molecule has 0 aromatic carbocycles. The zero-order valence-electron chi connectivity index (χ0n) is 12.8. The van der Waals surface area contributed by atoms with Gasteiger partial charge >= 0.3 is 12.1 Å². The Kier molecular flexibility index (Phi) is 8.37. The number of hydrogen-bond donors (Lipinski definition) is 4. The Balaban J connectivity index is 4.53. The SMILES string of the molecule is CC(C)(C)OC(=O)N[C@@H](CCCCN)C(=O)NCC(=O)O. The molecular formula is C13H25N3O5. The maximum Gasteiger partial charge on any atom is 0.408 e. The van der Waals surface area contributed by atoms with Crippen molar-refractivity contribution >= 4 is 18.0 Å².